The predicted molar refractivity (Wildman–Crippen MR) is 101 cm³/mol. The number of carboxylic acids is 1. The highest BCUT2D eigenvalue weighted by Gasteiger charge is 2.28. The summed E-state index contributed by atoms with van der Waals surface area (Å²) in [5, 5.41) is 16.2. The quantitative estimate of drug-likeness (QED) is 0.445. The third-order valence-electron chi connectivity index (χ3n) is 4.62. The van der Waals surface area contributed by atoms with Crippen molar-refractivity contribution < 1.29 is 29.5 Å². The number of esters is 1. The average Bonchev–Trinajstić information content (AvgIpc) is 2.98. The van der Waals surface area contributed by atoms with Gasteiger partial charge in [0, 0.05) is 4.88 Å². The zero-order valence-corrected chi connectivity index (χ0v) is 16.8. The van der Waals surface area contributed by atoms with Gasteiger partial charge in [-0.3, -0.25) is 4.79 Å². The third kappa shape index (κ3) is 5.77. The number of rotatable bonds is 10. The molecule has 1 atom stereocenters. The number of fused-ring (bicyclic) bond motifs is 1. The molecule has 1 amide bonds. The van der Waals surface area contributed by atoms with Crippen LogP contribution in [0.25, 0.3) is 0 Å². The van der Waals surface area contributed by atoms with Gasteiger partial charge < -0.3 is 25.3 Å². The minimum absolute atomic E-state index is 0.198. The maximum absolute atomic E-state index is 12.4. The van der Waals surface area contributed by atoms with Crippen LogP contribution in [-0.2, 0) is 27.2 Å². The minimum Gasteiger partial charge on any atom is -0.544 e. The van der Waals surface area contributed by atoms with Crippen molar-refractivity contribution in [2.24, 2.45) is 0 Å². The highest BCUT2D eigenvalue weighted by Crippen LogP contribution is 2.38. The Hall–Kier alpha value is -1.93. The van der Waals surface area contributed by atoms with E-state index < -0.39 is 23.9 Å². The van der Waals surface area contributed by atoms with Gasteiger partial charge in [-0.2, -0.15) is 0 Å². The molecule has 0 spiro atoms. The van der Waals surface area contributed by atoms with Gasteiger partial charge in [-0.05, 0) is 44.6 Å². The van der Waals surface area contributed by atoms with E-state index in [1.165, 1.54) is 11.3 Å². The molecule has 0 saturated carbocycles. The van der Waals surface area contributed by atoms with Crippen LogP contribution in [0.15, 0.2) is 0 Å². The zero-order valence-electron chi connectivity index (χ0n) is 16.0. The summed E-state index contributed by atoms with van der Waals surface area (Å²) in [5.74, 6) is -2.11. The van der Waals surface area contributed by atoms with Crippen molar-refractivity contribution in [3.8, 4) is 0 Å². The molecule has 0 aromatic carbocycles. The lowest BCUT2D eigenvalue weighted by molar-refractivity contribution is -0.682. The van der Waals surface area contributed by atoms with Gasteiger partial charge in [-0.15, -0.1) is 11.3 Å². The highest BCUT2D eigenvalue weighted by molar-refractivity contribution is 7.17. The average molecular weight is 397 g/mol. The van der Waals surface area contributed by atoms with Gasteiger partial charge in [0.25, 0.3) is 0 Å². The molecule has 1 aliphatic carbocycles. The molecular weight excluding hydrogens is 368 g/mol. The van der Waals surface area contributed by atoms with Crippen molar-refractivity contribution in [3.63, 3.8) is 0 Å². The molecule has 8 heteroatoms. The summed E-state index contributed by atoms with van der Waals surface area (Å²) in [6, 6.07) is -0.933. The van der Waals surface area contributed by atoms with Crippen LogP contribution in [0, 0.1) is 0 Å². The van der Waals surface area contributed by atoms with E-state index in [2.05, 4.69) is 5.32 Å². The molecule has 0 unspecified atom stereocenters. The first-order valence-corrected chi connectivity index (χ1v) is 10.4. The number of carbonyl (C=O) groups is 3. The number of thiophene rings is 1. The van der Waals surface area contributed by atoms with Crippen LogP contribution >= 0.6 is 11.3 Å². The molecule has 27 heavy (non-hydrogen) atoms. The van der Waals surface area contributed by atoms with Crippen LogP contribution < -0.4 is 15.7 Å². The van der Waals surface area contributed by atoms with E-state index in [1.54, 1.807) is 12.2 Å². The number of ether oxygens (including phenoxy) is 1. The van der Waals surface area contributed by atoms with E-state index in [1.807, 2.05) is 6.92 Å². The standard InChI is InChI=1S/C19H28N2O5S/c1-3-5-10-20-13(18(23)24)11-15(22)21-17-16(19(25)26-4-2)12-8-6-7-9-14(12)27-17/h13,20H,3-11H2,1-2H3,(H,21,22)(H,23,24)/t13-/m1/s1. The van der Waals surface area contributed by atoms with E-state index in [0.29, 0.717) is 17.1 Å². The SMILES string of the molecule is CCCC[NH2+][C@H](CC(=O)Nc1sc2c(c1C(=O)OCC)CCCC2)C(=O)[O-]. The van der Waals surface area contributed by atoms with E-state index in [0.717, 1.165) is 49.0 Å². The molecule has 0 radical (unpaired) electrons. The van der Waals surface area contributed by atoms with Gasteiger partial charge in [0.1, 0.15) is 11.0 Å². The van der Waals surface area contributed by atoms with Crippen LogP contribution in [0.1, 0.15) is 66.8 Å². The number of quaternary nitrogens is 1. The Labute approximate surface area is 163 Å². The summed E-state index contributed by atoms with van der Waals surface area (Å²) < 4.78 is 5.17. The summed E-state index contributed by atoms with van der Waals surface area (Å²) in [7, 11) is 0. The fourth-order valence-electron chi connectivity index (χ4n) is 3.24. The Morgan fingerprint density at radius 2 is 2.00 bits per heavy atom. The Morgan fingerprint density at radius 1 is 1.26 bits per heavy atom. The summed E-state index contributed by atoms with van der Waals surface area (Å²) in [5.41, 5.74) is 1.40. The number of aliphatic carboxylic acids is 1. The second-order valence-corrected chi connectivity index (χ2v) is 7.80. The number of carboxylic acid groups (broad SMARTS) is 1. The summed E-state index contributed by atoms with van der Waals surface area (Å²) in [6.07, 6.45) is 5.36. The zero-order chi connectivity index (χ0) is 19.8. The summed E-state index contributed by atoms with van der Waals surface area (Å²) >= 11 is 1.40. The number of hydrogen-bond acceptors (Lipinski definition) is 6. The Morgan fingerprint density at radius 3 is 2.67 bits per heavy atom. The molecule has 1 aliphatic rings. The molecule has 150 valence electrons. The maximum atomic E-state index is 12.4. The first-order valence-electron chi connectivity index (χ1n) is 9.63. The summed E-state index contributed by atoms with van der Waals surface area (Å²) in [4.78, 5) is 37.3. The van der Waals surface area contributed by atoms with Crippen molar-refractivity contribution in [3.05, 3.63) is 16.0 Å². The lowest BCUT2D eigenvalue weighted by atomic mass is 9.95. The van der Waals surface area contributed by atoms with E-state index in [-0.39, 0.29) is 13.0 Å². The first-order chi connectivity index (χ1) is 13.0. The number of nitrogens with two attached hydrogens (primary N) is 1. The molecule has 0 aliphatic heterocycles. The van der Waals surface area contributed by atoms with Crippen molar-refractivity contribution in [1.82, 2.24) is 0 Å². The lowest BCUT2D eigenvalue weighted by Gasteiger charge is -2.16. The first kappa shape index (κ1) is 21.4. The maximum Gasteiger partial charge on any atom is 0.341 e. The van der Waals surface area contributed by atoms with Gasteiger partial charge in [0.15, 0.2) is 0 Å². The van der Waals surface area contributed by atoms with Crippen LogP contribution in [0.2, 0.25) is 0 Å². The normalized spacial score (nSPS) is 14.3. The number of unbranched alkanes of at least 4 members (excludes halogenated alkanes) is 1. The van der Waals surface area contributed by atoms with E-state index >= 15 is 0 Å². The van der Waals surface area contributed by atoms with Crippen LogP contribution in [0.5, 0.6) is 0 Å². The molecule has 0 bridgehead atoms. The molecule has 1 heterocycles. The third-order valence-corrected chi connectivity index (χ3v) is 5.83. The van der Waals surface area contributed by atoms with E-state index in [9.17, 15) is 19.5 Å². The number of anilines is 1. The predicted octanol–water partition coefficient (Wildman–Crippen LogP) is 0.614. The second kappa shape index (κ2) is 10.4. The van der Waals surface area contributed by atoms with Crippen molar-refractivity contribution in [2.45, 2.75) is 64.8 Å². The topological polar surface area (TPSA) is 112 Å². The van der Waals surface area contributed by atoms with Gasteiger partial charge in [0.05, 0.1) is 31.1 Å². The molecule has 1 aromatic rings. The highest BCUT2D eigenvalue weighted by atomic mass is 32.1. The fraction of sp³-hybridized carbons (Fsp3) is 0.632. The number of carbonyl (C=O) groups excluding carboxylic acids is 3. The molecule has 1 aromatic heterocycles. The van der Waals surface area contributed by atoms with Crippen LogP contribution in [0.4, 0.5) is 5.00 Å². The molecule has 2 rings (SSSR count). The smallest absolute Gasteiger partial charge is 0.341 e. The second-order valence-electron chi connectivity index (χ2n) is 6.69. The Balaban J connectivity index is 2.13. The molecular formula is C19H28N2O5S. The van der Waals surface area contributed by atoms with Crippen molar-refractivity contribution >= 4 is 34.2 Å². The molecule has 3 N–H and O–H groups in total. The molecule has 0 saturated heterocycles. The molecule has 0 fully saturated rings. The van der Waals surface area contributed by atoms with Gasteiger partial charge >= 0.3 is 5.97 Å². The largest absolute Gasteiger partial charge is 0.544 e. The van der Waals surface area contributed by atoms with Crippen LogP contribution in [0.3, 0.4) is 0 Å². The number of nitrogens with one attached hydrogen (secondary N) is 1. The monoisotopic (exact) mass is 396 g/mol. The fourth-order valence-corrected chi connectivity index (χ4v) is 4.53. The van der Waals surface area contributed by atoms with Gasteiger partial charge in [0.2, 0.25) is 5.91 Å². The molecule has 7 nitrogen and oxygen atoms in total. The van der Waals surface area contributed by atoms with Crippen LogP contribution in [-0.4, -0.2) is 37.0 Å². The minimum atomic E-state index is -1.25. The number of amides is 1. The lowest BCUT2D eigenvalue weighted by Crippen LogP contribution is -2.93. The van der Waals surface area contributed by atoms with Crippen molar-refractivity contribution in [2.75, 3.05) is 18.5 Å². The number of aryl methyl sites for hydroxylation is 1. The Kier molecular flexibility index (Phi) is 8.24. The van der Waals surface area contributed by atoms with Gasteiger partial charge in [-0.25, -0.2) is 4.79 Å². The Bertz CT molecular complexity index is 686. The summed E-state index contributed by atoms with van der Waals surface area (Å²) in [6.45, 7) is 4.65. The number of hydrogen-bond donors (Lipinski definition) is 2. The van der Waals surface area contributed by atoms with Crippen molar-refractivity contribution in [1.29, 1.82) is 0 Å². The van der Waals surface area contributed by atoms with Gasteiger partial charge in [-0.1, -0.05) is 13.3 Å². The van der Waals surface area contributed by atoms with E-state index in [4.69, 9.17) is 4.74 Å².